The zero-order valence-electron chi connectivity index (χ0n) is 10.9. The van der Waals surface area contributed by atoms with E-state index in [-0.39, 0.29) is 0 Å². The van der Waals surface area contributed by atoms with E-state index in [2.05, 4.69) is 30.5 Å². The fraction of sp³-hybridized carbons (Fsp3) is 0.538. The highest BCUT2D eigenvalue weighted by molar-refractivity contribution is 9.10. The Bertz CT molecular complexity index is 544. The zero-order valence-corrected chi connectivity index (χ0v) is 13.2. The van der Waals surface area contributed by atoms with Gasteiger partial charge in [0.2, 0.25) is 0 Å². The second kappa shape index (κ2) is 7.22. The Morgan fingerprint density at radius 2 is 2.21 bits per heavy atom. The number of methoxy groups -OCH3 is 1. The van der Waals surface area contributed by atoms with Crippen molar-refractivity contribution in [2.45, 2.75) is 31.7 Å². The van der Waals surface area contributed by atoms with E-state index >= 15 is 0 Å². The third-order valence-corrected chi connectivity index (χ3v) is 3.65. The lowest BCUT2D eigenvalue weighted by molar-refractivity contribution is 0.191. The first-order valence-electron chi connectivity index (χ1n) is 6.32. The molecule has 2 rings (SSSR count). The molecule has 6 heteroatoms. The van der Waals surface area contributed by atoms with Crippen molar-refractivity contribution in [3.8, 4) is 0 Å². The molecule has 0 aliphatic carbocycles. The van der Waals surface area contributed by atoms with Crippen molar-refractivity contribution in [2.75, 3.05) is 13.7 Å². The zero-order chi connectivity index (χ0) is 13.7. The molecule has 0 amide bonds. The van der Waals surface area contributed by atoms with Crippen molar-refractivity contribution < 1.29 is 4.74 Å². The van der Waals surface area contributed by atoms with Gasteiger partial charge in [-0.05, 0) is 41.3 Å². The number of fused-ring (bicyclic) bond motifs is 1. The molecule has 0 N–H and O–H groups in total. The van der Waals surface area contributed by atoms with Gasteiger partial charge in [0.25, 0.3) is 0 Å². The van der Waals surface area contributed by atoms with Gasteiger partial charge in [-0.1, -0.05) is 0 Å². The number of hydrogen-bond acceptors (Lipinski definition) is 3. The SMILES string of the molecule is COCCCCCn1c(CCl)nc2cc(Br)cnc21. The first-order valence-corrected chi connectivity index (χ1v) is 7.64. The molecule has 4 nitrogen and oxygen atoms in total. The number of imidazole rings is 1. The Balaban J connectivity index is 2.11. The number of ether oxygens (including phenoxy) is 1. The molecule has 0 saturated heterocycles. The number of aromatic nitrogens is 3. The number of nitrogens with zero attached hydrogens (tertiary/aromatic N) is 3. The van der Waals surface area contributed by atoms with Gasteiger partial charge >= 0.3 is 0 Å². The van der Waals surface area contributed by atoms with Crippen LogP contribution in [0.15, 0.2) is 16.7 Å². The normalized spacial score (nSPS) is 11.3. The topological polar surface area (TPSA) is 39.9 Å². The van der Waals surface area contributed by atoms with Crippen LogP contribution in [0.25, 0.3) is 11.2 Å². The minimum Gasteiger partial charge on any atom is -0.385 e. The summed E-state index contributed by atoms with van der Waals surface area (Å²) in [4.78, 5) is 8.96. The van der Waals surface area contributed by atoms with Gasteiger partial charge < -0.3 is 9.30 Å². The summed E-state index contributed by atoms with van der Waals surface area (Å²) in [6.45, 7) is 1.72. The van der Waals surface area contributed by atoms with Crippen molar-refractivity contribution in [1.29, 1.82) is 0 Å². The molecule has 0 fully saturated rings. The molecule has 0 aliphatic heterocycles. The maximum atomic E-state index is 5.96. The molecular formula is C13H17BrClN3O. The smallest absolute Gasteiger partial charge is 0.160 e. The summed E-state index contributed by atoms with van der Waals surface area (Å²) in [5.41, 5.74) is 1.80. The standard InChI is InChI=1S/C13H17BrClN3O/c1-19-6-4-2-3-5-18-12(8-15)17-11-7-10(14)9-16-13(11)18/h7,9H,2-6,8H2,1H3. The molecule has 0 radical (unpaired) electrons. The number of aryl methyl sites for hydroxylation is 1. The minimum atomic E-state index is 0.409. The van der Waals surface area contributed by atoms with Crippen molar-refractivity contribution in [2.24, 2.45) is 0 Å². The average Bonchev–Trinajstić information content (AvgIpc) is 2.75. The van der Waals surface area contributed by atoms with E-state index in [9.17, 15) is 0 Å². The molecule has 0 aromatic carbocycles. The summed E-state index contributed by atoms with van der Waals surface area (Å²) in [6.07, 6.45) is 5.09. The van der Waals surface area contributed by atoms with Crippen LogP contribution in [0.2, 0.25) is 0 Å². The van der Waals surface area contributed by atoms with Crippen molar-refractivity contribution in [3.05, 3.63) is 22.6 Å². The molecule has 104 valence electrons. The highest BCUT2D eigenvalue weighted by atomic mass is 79.9. The van der Waals surface area contributed by atoms with Crippen LogP contribution in [0.1, 0.15) is 25.1 Å². The third kappa shape index (κ3) is 3.68. The predicted molar refractivity (Wildman–Crippen MR) is 80.5 cm³/mol. The molecule has 2 heterocycles. The van der Waals surface area contributed by atoms with Gasteiger partial charge in [0.15, 0.2) is 5.65 Å². The number of hydrogen-bond donors (Lipinski definition) is 0. The van der Waals surface area contributed by atoms with Crippen molar-refractivity contribution in [3.63, 3.8) is 0 Å². The van der Waals surface area contributed by atoms with E-state index in [1.807, 2.05) is 6.07 Å². The van der Waals surface area contributed by atoms with E-state index < -0.39 is 0 Å². The molecule has 0 spiro atoms. The number of unbranched alkanes of at least 4 members (excludes halogenated alkanes) is 2. The molecule has 0 aliphatic rings. The van der Waals surface area contributed by atoms with Gasteiger partial charge in [-0.2, -0.15) is 0 Å². The summed E-state index contributed by atoms with van der Waals surface area (Å²) >= 11 is 9.37. The maximum Gasteiger partial charge on any atom is 0.160 e. The van der Waals surface area contributed by atoms with E-state index in [4.69, 9.17) is 16.3 Å². The first-order chi connectivity index (χ1) is 9.26. The summed E-state index contributed by atoms with van der Waals surface area (Å²) in [5, 5.41) is 0. The van der Waals surface area contributed by atoms with Gasteiger partial charge in [0, 0.05) is 30.9 Å². The molecule has 0 saturated carbocycles. The van der Waals surface area contributed by atoms with E-state index in [1.165, 1.54) is 0 Å². The lowest BCUT2D eigenvalue weighted by Crippen LogP contribution is -2.04. The van der Waals surface area contributed by atoms with Crippen LogP contribution in [0.4, 0.5) is 0 Å². The Morgan fingerprint density at radius 3 is 2.95 bits per heavy atom. The van der Waals surface area contributed by atoms with Gasteiger partial charge in [-0.25, -0.2) is 9.97 Å². The number of pyridine rings is 1. The average molecular weight is 347 g/mol. The van der Waals surface area contributed by atoms with Gasteiger partial charge in [0.05, 0.1) is 5.88 Å². The van der Waals surface area contributed by atoms with E-state index in [0.29, 0.717) is 5.88 Å². The monoisotopic (exact) mass is 345 g/mol. The van der Waals surface area contributed by atoms with Crippen LogP contribution in [0, 0.1) is 0 Å². The summed E-state index contributed by atoms with van der Waals surface area (Å²) < 4.78 is 8.10. The molecule has 19 heavy (non-hydrogen) atoms. The van der Waals surface area contributed by atoms with Gasteiger partial charge in [-0.15, -0.1) is 11.6 Å². The Morgan fingerprint density at radius 1 is 1.37 bits per heavy atom. The fourth-order valence-electron chi connectivity index (χ4n) is 2.06. The van der Waals surface area contributed by atoms with Crippen molar-refractivity contribution >= 4 is 38.7 Å². The number of halogens is 2. The minimum absolute atomic E-state index is 0.409. The second-order valence-corrected chi connectivity index (χ2v) is 5.55. The lowest BCUT2D eigenvalue weighted by Gasteiger charge is -2.06. The quantitative estimate of drug-likeness (QED) is 0.566. The molecular weight excluding hydrogens is 330 g/mol. The highest BCUT2D eigenvalue weighted by Gasteiger charge is 2.11. The van der Waals surface area contributed by atoms with Crippen LogP contribution in [-0.4, -0.2) is 28.3 Å². The summed E-state index contributed by atoms with van der Waals surface area (Å²) in [7, 11) is 1.73. The fourth-order valence-corrected chi connectivity index (χ4v) is 2.59. The largest absolute Gasteiger partial charge is 0.385 e. The Labute approximate surface area is 126 Å². The number of alkyl halides is 1. The summed E-state index contributed by atoms with van der Waals surface area (Å²) in [6, 6.07) is 1.97. The van der Waals surface area contributed by atoms with Gasteiger partial charge in [-0.3, -0.25) is 0 Å². The first kappa shape index (κ1) is 14.8. The van der Waals surface area contributed by atoms with Gasteiger partial charge in [0.1, 0.15) is 11.3 Å². The maximum absolute atomic E-state index is 5.96. The number of rotatable bonds is 7. The molecule has 0 atom stereocenters. The highest BCUT2D eigenvalue weighted by Crippen LogP contribution is 2.20. The summed E-state index contributed by atoms with van der Waals surface area (Å²) in [5.74, 6) is 1.29. The Hall–Kier alpha value is -0.650. The molecule has 2 aromatic heterocycles. The van der Waals surface area contributed by atoms with Crippen LogP contribution in [-0.2, 0) is 17.2 Å². The molecule has 0 bridgehead atoms. The van der Waals surface area contributed by atoms with Crippen LogP contribution in [0.5, 0.6) is 0 Å². The van der Waals surface area contributed by atoms with E-state index in [0.717, 1.165) is 53.9 Å². The Kier molecular flexibility index (Phi) is 5.60. The third-order valence-electron chi connectivity index (χ3n) is 2.98. The van der Waals surface area contributed by atoms with E-state index in [1.54, 1.807) is 13.3 Å². The lowest BCUT2D eigenvalue weighted by atomic mass is 10.2. The van der Waals surface area contributed by atoms with Crippen LogP contribution in [0.3, 0.4) is 0 Å². The molecule has 0 unspecified atom stereocenters. The molecule has 2 aromatic rings. The van der Waals surface area contributed by atoms with Crippen LogP contribution < -0.4 is 0 Å². The van der Waals surface area contributed by atoms with Crippen molar-refractivity contribution in [1.82, 2.24) is 14.5 Å². The van der Waals surface area contributed by atoms with Crippen LogP contribution >= 0.6 is 27.5 Å². The predicted octanol–water partition coefficient (Wildman–Crippen LogP) is 3.75. The second-order valence-electron chi connectivity index (χ2n) is 4.36.